The Bertz CT molecular complexity index is 594. The number of nitrogen functional groups attached to an aromatic ring is 1. The second-order valence-corrected chi connectivity index (χ2v) is 6.64. The van der Waals surface area contributed by atoms with Crippen molar-refractivity contribution < 1.29 is 4.79 Å². The summed E-state index contributed by atoms with van der Waals surface area (Å²) in [5, 5.41) is 7.77. The molecule has 7 heteroatoms. The molecule has 0 aliphatic heterocycles. The Morgan fingerprint density at radius 2 is 2.33 bits per heavy atom. The van der Waals surface area contributed by atoms with E-state index in [0.717, 1.165) is 23.7 Å². The number of amides is 1. The maximum atomic E-state index is 12.3. The van der Waals surface area contributed by atoms with Gasteiger partial charge in [0.1, 0.15) is 10.7 Å². The predicted octanol–water partition coefficient (Wildman–Crippen LogP) is 3.12. The summed E-state index contributed by atoms with van der Waals surface area (Å²) >= 11 is 2.95. The fourth-order valence-corrected chi connectivity index (χ4v) is 3.57. The molecule has 0 aromatic carbocycles. The summed E-state index contributed by atoms with van der Waals surface area (Å²) in [5.74, 6) is 0.132. The van der Waals surface area contributed by atoms with Gasteiger partial charge < -0.3 is 16.0 Å². The number of nitrogens with two attached hydrogens (primary N) is 1. The highest BCUT2D eigenvalue weighted by atomic mass is 32.1. The summed E-state index contributed by atoms with van der Waals surface area (Å²) in [7, 11) is 1.96. The van der Waals surface area contributed by atoms with Crippen LogP contribution in [0.1, 0.15) is 41.5 Å². The molecule has 2 aromatic heterocycles. The lowest BCUT2D eigenvalue weighted by Crippen LogP contribution is -2.26. The maximum Gasteiger partial charge on any atom is 0.265 e. The predicted molar refractivity (Wildman–Crippen MR) is 90.3 cm³/mol. The van der Waals surface area contributed by atoms with E-state index in [1.807, 2.05) is 35.7 Å². The van der Waals surface area contributed by atoms with Crippen LogP contribution in [0, 0.1) is 0 Å². The minimum atomic E-state index is -0.167. The molecule has 1 amide bonds. The van der Waals surface area contributed by atoms with Crippen LogP contribution in [0.3, 0.4) is 0 Å². The first-order chi connectivity index (χ1) is 10.0. The van der Waals surface area contributed by atoms with E-state index < -0.39 is 0 Å². The van der Waals surface area contributed by atoms with E-state index in [0.29, 0.717) is 10.7 Å². The molecule has 2 rings (SSSR count). The van der Waals surface area contributed by atoms with Crippen molar-refractivity contribution in [3.63, 3.8) is 0 Å². The quantitative estimate of drug-likeness (QED) is 0.856. The third-order valence-corrected chi connectivity index (χ3v) is 5.01. The van der Waals surface area contributed by atoms with Gasteiger partial charge in [0.25, 0.3) is 5.91 Å². The normalized spacial score (nSPS) is 12.1. The molecule has 0 fully saturated rings. The van der Waals surface area contributed by atoms with E-state index in [2.05, 4.69) is 17.2 Å². The van der Waals surface area contributed by atoms with E-state index in [1.54, 1.807) is 11.3 Å². The fourth-order valence-electron chi connectivity index (χ4n) is 1.94. The Balaban J connectivity index is 2.09. The number of nitrogens with zero attached hydrogens (tertiary/aromatic N) is 2. The van der Waals surface area contributed by atoms with Crippen molar-refractivity contribution in [3.05, 3.63) is 27.3 Å². The van der Waals surface area contributed by atoms with E-state index in [4.69, 9.17) is 5.73 Å². The molecule has 3 N–H and O–H groups in total. The summed E-state index contributed by atoms with van der Waals surface area (Å²) in [6, 6.07) is 1.97. The van der Waals surface area contributed by atoms with Crippen LogP contribution in [0.15, 0.2) is 16.8 Å². The molecule has 114 valence electrons. The Kier molecular flexibility index (Phi) is 5.19. The highest BCUT2D eigenvalue weighted by Crippen LogP contribution is 2.28. The summed E-state index contributed by atoms with van der Waals surface area (Å²) in [5.41, 5.74) is 6.98. The Hall–Kier alpha value is -1.60. The molecule has 1 unspecified atom stereocenters. The number of carbonyl (C=O) groups is 1. The standard InChI is InChI=1S/C14H20N4OS2/c1-4-6-18(3)14-17-12(15)11(21-14)13(19)16-9(2)10-5-7-20-8-10/h5,7-9H,4,6,15H2,1-3H3,(H,16,19). The topological polar surface area (TPSA) is 71.2 Å². The van der Waals surface area contributed by atoms with Crippen LogP contribution in [0.4, 0.5) is 10.9 Å². The first kappa shape index (κ1) is 15.8. The zero-order valence-corrected chi connectivity index (χ0v) is 14.1. The van der Waals surface area contributed by atoms with Gasteiger partial charge in [-0.3, -0.25) is 4.79 Å². The largest absolute Gasteiger partial charge is 0.382 e. The molecule has 5 nitrogen and oxygen atoms in total. The molecule has 2 heterocycles. The lowest BCUT2D eigenvalue weighted by molar-refractivity contribution is 0.0944. The Labute approximate surface area is 132 Å². The van der Waals surface area contributed by atoms with Crippen molar-refractivity contribution >= 4 is 39.5 Å². The van der Waals surface area contributed by atoms with Crippen LogP contribution in [0.5, 0.6) is 0 Å². The van der Waals surface area contributed by atoms with Crippen molar-refractivity contribution in [2.75, 3.05) is 24.2 Å². The number of hydrogen-bond acceptors (Lipinski definition) is 6. The van der Waals surface area contributed by atoms with Gasteiger partial charge in [-0.05, 0) is 35.7 Å². The van der Waals surface area contributed by atoms with Crippen molar-refractivity contribution in [3.8, 4) is 0 Å². The number of nitrogens with one attached hydrogen (secondary N) is 1. The minimum absolute atomic E-state index is 0.0397. The van der Waals surface area contributed by atoms with Gasteiger partial charge in [-0.1, -0.05) is 18.3 Å². The zero-order valence-electron chi connectivity index (χ0n) is 12.4. The first-order valence-electron chi connectivity index (χ1n) is 6.83. The number of thiophene rings is 1. The van der Waals surface area contributed by atoms with Gasteiger partial charge in [0, 0.05) is 13.6 Å². The maximum absolute atomic E-state index is 12.3. The average molecular weight is 324 g/mol. The van der Waals surface area contributed by atoms with Gasteiger partial charge in [0.15, 0.2) is 5.13 Å². The first-order valence-corrected chi connectivity index (χ1v) is 8.59. The highest BCUT2D eigenvalue weighted by molar-refractivity contribution is 7.18. The summed E-state index contributed by atoms with van der Waals surface area (Å²) < 4.78 is 0. The molecule has 0 aliphatic carbocycles. The lowest BCUT2D eigenvalue weighted by atomic mass is 10.2. The fraction of sp³-hybridized carbons (Fsp3) is 0.429. The van der Waals surface area contributed by atoms with Gasteiger partial charge in [-0.15, -0.1) is 0 Å². The van der Waals surface area contributed by atoms with Crippen LogP contribution in [0.2, 0.25) is 0 Å². The number of anilines is 2. The molecule has 1 atom stereocenters. The number of rotatable bonds is 6. The van der Waals surface area contributed by atoms with Gasteiger partial charge >= 0.3 is 0 Å². The smallest absolute Gasteiger partial charge is 0.265 e. The van der Waals surface area contributed by atoms with E-state index in [1.165, 1.54) is 11.3 Å². The monoisotopic (exact) mass is 324 g/mol. The molecule has 0 saturated carbocycles. The van der Waals surface area contributed by atoms with Crippen molar-refractivity contribution in [1.29, 1.82) is 0 Å². The zero-order chi connectivity index (χ0) is 15.4. The molecule has 0 aliphatic rings. The van der Waals surface area contributed by atoms with Gasteiger partial charge in [0.05, 0.1) is 6.04 Å². The Morgan fingerprint density at radius 3 is 2.95 bits per heavy atom. The second kappa shape index (κ2) is 6.91. The van der Waals surface area contributed by atoms with Crippen molar-refractivity contribution in [2.45, 2.75) is 26.3 Å². The lowest BCUT2D eigenvalue weighted by Gasteiger charge is -2.13. The van der Waals surface area contributed by atoms with Crippen LogP contribution < -0.4 is 16.0 Å². The summed E-state index contributed by atoms with van der Waals surface area (Å²) in [6.45, 7) is 4.95. The number of aromatic nitrogens is 1. The van der Waals surface area contributed by atoms with Crippen molar-refractivity contribution in [1.82, 2.24) is 10.3 Å². The van der Waals surface area contributed by atoms with Crippen LogP contribution >= 0.6 is 22.7 Å². The number of hydrogen-bond donors (Lipinski definition) is 2. The Morgan fingerprint density at radius 1 is 1.57 bits per heavy atom. The average Bonchev–Trinajstić information content (AvgIpc) is 3.07. The van der Waals surface area contributed by atoms with E-state index in [9.17, 15) is 4.79 Å². The van der Waals surface area contributed by atoms with Crippen LogP contribution in [0.25, 0.3) is 0 Å². The molecule has 0 radical (unpaired) electrons. The van der Waals surface area contributed by atoms with Gasteiger partial charge in [-0.25, -0.2) is 4.98 Å². The molecule has 0 spiro atoms. The molecular weight excluding hydrogens is 304 g/mol. The minimum Gasteiger partial charge on any atom is -0.382 e. The molecular formula is C14H20N4OS2. The van der Waals surface area contributed by atoms with E-state index in [-0.39, 0.29) is 11.9 Å². The molecule has 0 saturated heterocycles. The van der Waals surface area contributed by atoms with Gasteiger partial charge in [0.2, 0.25) is 0 Å². The number of thiazole rings is 1. The molecule has 2 aromatic rings. The second-order valence-electron chi connectivity index (χ2n) is 4.88. The van der Waals surface area contributed by atoms with E-state index >= 15 is 0 Å². The third-order valence-electron chi connectivity index (χ3n) is 3.12. The van der Waals surface area contributed by atoms with Gasteiger partial charge in [-0.2, -0.15) is 11.3 Å². The highest BCUT2D eigenvalue weighted by Gasteiger charge is 2.20. The number of carbonyl (C=O) groups excluding carboxylic acids is 1. The molecule has 0 bridgehead atoms. The third kappa shape index (κ3) is 3.74. The summed E-state index contributed by atoms with van der Waals surface area (Å²) in [4.78, 5) is 19.1. The van der Waals surface area contributed by atoms with Crippen LogP contribution in [-0.4, -0.2) is 24.5 Å². The van der Waals surface area contributed by atoms with Crippen LogP contribution in [-0.2, 0) is 0 Å². The van der Waals surface area contributed by atoms with Crippen molar-refractivity contribution in [2.24, 2.45) is 0 Å². The SMILES string of the molecule is CCCN(C)c1nc(N)c(C(=O)NC(C)c2ccsc2)s1. The molecule has 21 heavy (non-hydrogen) atoms. The summed E-state index contributed by atoms with van der Waals surface area (Å²) in [6.07, 6.45) is 1.02.